The molecule has 3 aliphatic rings. The molecule has 0 radical (unpaired) electrons. The molecule has 3 fully saturated rings. The average Bonchev–Trinajstić information content (AvgIpc) is 2.94. The summed E-state index contributed by atoms with van der Waals surface area (Å²) in [7, 11) is 0. The van der Waals surface area contributed by atoms with Gasteiger partial charge in [0.05, 0.1) is 0 Å². The van der Waals surface area contributed by atoms with Crippen molar-refractivity contribution in [2.24, 2.45) is 11.3 Å². The van der Waals surface area contributed by atoms with E-state index in [1.165, 1.54) is 51.6 Å². The summed E-state index contributed by atoms with van der Waals surface area (Å²) in [6, 6.07) is 0. The van der Waals surface area contributed by atoms with Crippen molar-refractivity contribution in [2.45, 2.75) is 51.4 Å². The first-order valence-electron chi connectivity index (χ1n) is 7.79. The molecule has 0 bridgehead atoms. The van der Waals surface area contributed by atoms with Crippen LogP contribution in [0.5, 0.6) is 0 Å². The Hall–Kier alpha value is -0.570. The van der Waals surface area contributed by atoms with Gasteiger partial charge in [-0.05, 0) is 57.0 Å². The van der Waals surface area contributed by atoms with Crippen molar-refractivity contribution < 1.29 is 4.79 Å². The number of amides is 1. The van der Waals surface area contributed by atoms with Crippen molar-refractivity contribution >= 4 is 5.91 Å². The van der Waals surface area contributed by atoms with Gasteiger partial charge in [0.25, 0.3) is 0 Å². The maximum absolute atomic E-state index is 12.4. The predicted molar refractivity (Wildman–Crippen MR) is 72.3 cm³/mol. The van der Waals surface area contributed by atoms with E-state index in [0.717, 1.165) is 25.9 Å². The van der Waals surface area contributed by atoms with Gasteiger partial charge in [0.15, 0.2) is 0 Å². The molecule has 2 saturated heterocycles. The van der Waals surface area contributed by atoms with Gasteiger partial charge in [-0.15, -0.1) is 0 Å². The lowest BCUT2D eigenvalue weighted by atomic mass is 9.71. The van der Waals surface area contributed by atoms with E-state index >= 15 is 0 Å². The van der Waals surface area contributed by atoms with Crippen molar-refractivity contribution in [2.75, 3.05) is 26.2 Å². The third-order valence-corrected chi connectivity index (χ3v) is 5.50. The fourth-order valence-electron chi connectivity index (χ4n) is 4.09. The second-order valence-electron chi connectivity index (χ2n) is 6.56. The second-order valence-corrected chi connectivity index (χ2v) is 6.56. The molecule has 0 atom stereocenters. The number of likely N-dealkylation sites (tertiary alicyclic amines) is 1. The summed E-state index contributed by atoms with van der Waals surface area (Å²) in [5.41, 5.74) is 0.567. The van der Waals surface area contributed by atoms with Crippen LogP contribution >= 0.6 is 0 Å². The molecular formula is C15H26N2O. The Kier molecular flexibility index (Phi) is 3.60. The van der Waals surface area contributed by atoms with Crippen LogP contribution in [0.1, 0.15) is 51.4 Å². The van der Waals surface area contributed by atoms with E-state index in [4.69, 9.17) is 0 Å². The number of piperidine rings is 2. The molecule has 0 unspecified atom stereocenters. The van der Waals surface area contributed by atoms with Crippen LogP contribution in [0.2, 0.25) is 0 Å². The molecule has 0 aromatic heterocycles. The van der Waals surface area contributed by atoms with Crippen molar-refractivity contribution in [3.8, 4) is 0 Å². The van der Waals surface area contributed by atoms with Crippen molar-refractivity contribution in [1.82, 2.24) is 10.2 Å². The molecule has 0 aromatic carbocycles. The quantitative estimate of drug-likeness (QED) is 0.773. The Labute approximate surface area is 110 Å². The smallest absolute Gasteiger partial charge is 0.225 e. The van der Waals surface area contributed by atoms with Gasteiger partial charge in [0.1, 0.15) is 0 Å². The highest BCUT2D eigenvalue weighted by molar-refractivity contribution is 5.79. The minimum absolute atomic E-state index is 0.368. The molecule has 0 aromatic rings. The highest BCUT2D eigenvalue weighted by atomic mass is 16.2. The van der Waals surface area contributed by atoms with Crippen LogP contribution in [0.3, 0.4) is 0 Å². The van der Waals surface area contributed by atoms with Gasteiger partial charge in [-0.2, -0.15) is 0 Å². The summed E-state index contributed by atoms with van der Waals surface area (Å²) in [5.74, 6) is 0.836. The van der Waals surface area contributed by atoms with Crippen LogP contribution in [-0.2, 0) is 4.79 Å². The maximum Gasteiger partial charge on any atom is 0.225 e. The zero-order chi connectivity index (χ0) is 12.4. The van der Waals surface area contributed by atoms with Crippen LogP contribution < -0.4 is 5.32 Å². The number of rotatable bonds is 1. The molecule has 102 valence electrons. The summed E-state index contributed by atoms with van der Waals surface area (Å²) >= 11 is 0. The van der Waals surface area contributed by atoms with Crippen molar-refractivity contribution in [3.05, 3.63) is 0 Å². The molecule has 1 amide bonds. The summed E-state index contributed by atoms with van der Waals surface area (Å²) < 4.78 is 0. The normalized spacial score (nSPS) is 28.8. The zero-order valence-electron chi connectivity index (χ0n) is 11.4. The average molecular weight is 250 g/mol. The Morgan fingerprint density at radius 2 is 1.61 bits per heavy atom. The van der Waals surface area contributed by atoms with Crippen molar-refractivity contribution in [1.29, 1.82) is 0 Å². The van der Waals surface area contributed by atoms with Gasteiger partial charge in [0, 0.05) is 19.0 Å². The van der Waals surface area contributed by atoms with Crippen LogP contribution in [0.4, 0.5) is 0 Å². The first-order chi connectivity index (χ1) is 8.79. The Morgan fingerprint density at radius 1 is 1.00 bits per heavy atom. The molecule has 18 heavy (non-hydrogen) atoms. The third-order valence-electron chi connectivity index (χ3n) is 5.50. The van der Waals surface area contributed by atoms with Crippen LogP contribution in [0.15, 0.2) is 0 Å². The van der Waals surface area contributed by atoms with Gasteiger partial charge in [-0.1, -0.05) is 12.8 Å². The SMILES string of the molecule is O=C(C1CCCC1)N1CCC2(CCNCC2)CC1. The molecule has 2 aliphatic heterocycles. The fourth-order valence-corrected chi connectivity index (χ4v) is 4.09. The highest BCUT2D eigenvalue weighted by Gasteiger charge is 2.38. The number of hydrogen-bond acceptors (Lipinski definition) is 2. The number of nitrogens with one attached hydrogen (secondary N) is 1. The molecular weight excluding hydrogens is 224 g/mol. The molecule has 3 rings (SSSR count). The van der Waals surface area contributed by atoms with E-state index in [-0.39, 0.29) is 0 Å². The van der Waals surface area contributed by atoms with Gasteiger partial charge < -0.3 is 10.2 Å². The number of hydrogen-bond donors (Lipinski definition) is 1. The maximum atomic E-state index is 12.4. The van der Waals surface area contributed by atoms with Gasteiger partial charge in [-0.25, -0.2) is 0 Å². The molecule has 1 N–H and O–H groups in total. The first-order valence-corrected chi connectivity index (χ1v) is 7.79. The fraction of sp³-hybridized carbons (Fsp3) is 0.933. The Bertz CT molecular complexity index is 294. The van der Waals surface area contributed by atoms with E-state index in [2.05, 4.69) is 10.2 Å². The first kappa shape index (κ1) is 12.5. The lowest BCUT2D eigenvalue weighted by molar-refractivity contribution is -0.138. The van der Waals surface area contributed by atoms with Gasteiger partial charge >= 0.3 is 0 Å². The lowest BCUT2D eigenvalue weighted by Crippen LogP contribution is -2.48. The van der Waals surface area contributed by atoms with Crippen LogP contribution in [0.25, 0.3) is 0 Å². The zero-order valence-corrected chi connectivity index (χ0v) is 11.4. The molecule has 3 nitrogen and oxygen atoms in total. The minimum atomic E-state index is 0.368. The summed E-state index contributed by atoms with van der Waals surface area (Å²) in [6.45, 7) is 4.40. The summed E-state index contributed by atoms with van der Waals surface area (Å²) in [5, 5.41) is 3.45. The Morgan fingerprint density at radius 3 is 2.22 bits per heavy atom. The van der Waals surface area contributed by atoms with Crippen molar-refractivity contribution in [3.63, 3.8) is 0 Å². The monoisotopic (exact) mass is 250 g/mol. The molecule has 3 heteroatoms. The molecule has 1 spiro atoms. The third kappa shape index (κ3) is 2.42. The highest BCUT2D eigenvalue weighted by Crippen LogP contribution is 2.40. The predicted octanol–water partition coefficient (Wildman–Crippen LogP) is 2.17. The number of carbonyl (C=O) groups is 1. The van der Waals surface area contributed by atoms with E-state index in [1.54, 1.807) is 0 Å². The number of nitrogens with zero attached hydrogens (tertiary/aromatic N) is 1. The molecule has 1 aliphatic carbocycles. The molecule has 1 saturated carbocycles. The summed E-state index contributed by atoms with van der Waals surface area (Å²) in [6.07, 6.45) is 9.94. The van der Waals surface area contributed by atoms with Crippen LogP contribution in [-0.4, -0.2) is 37.0 Å². The second kappa shape index (κ2) is 5.20. The van der Waals surface area contributed by atoms with Gasteiger partial charge in [0.2, 0.25) is 5.91 Å². The van der Waals surface area contributed by atoms with Crippen LogP contribution in [0, 0.1) is 11.3 Å². The topological polar surface area (TPSA) is 32.3 Å². The summed E-state index contributed by atoms with van der Waals surface area (Å²) in [4.78, 5) is 14.6. The van der Waals surface area contributed by atoms with E-state index in [9.17, 15) is 4.79 Å². The number of carbonyl (C=O) groups excluding carboxylic acids is 1. The minimum Gasteiger partial charge on any atom is -0.342 e. The largest absolute Gasteiger partial charge is 0.342 e. The molecule has 2 heterocycles. The van der Waals surface area contributed by atoms with E-state index in [0.29, 0.717) is 17.2 Å². The van der Waals surface area contributed by atoms with E-state index < -0.39 is 0 Å². The van der Waals surface area contributed by atoms with Gasteiger partial charge in [-0.3, -0.25) is 4.79 Å². The standard InChI is InChI=1S/C15H26N2O/c18-14(13-3-1-2-4-13)17-11-7-15(8-12-17)5-9-16-10-6-15/h13,16H,1-12H2. The van der Waals surface area contributed by atoms with E-state index in [1.807, 2.05) is 0 Å². The lowest BCUT2D eigenvalue weighted by Gasteiger charge is -2.45. The Balaban J connectivity index is 1.54.